The van der Waals surface area contributed by atoms with E-state index in [9.17, 15) is 9.59 Å². The predicted molar refractivity (Wildman–Crippen MR) is 78.2 cm³/mol. The number of carbonyl (C=O) groups is 2. The molecule has 2 fully saturated rings. The fourth-order valence-electron chi connectivity index (χ4n) is 3.15. The molecule has 0 aromatic heterocycles. The van der Waals surface area contributed by atoms with Crippen LogP contribution in [0.5, 0.6) is 0 Å². The zero-order chi connectivity index (χ0) is 14.5. The van der Waals surface area contributed by atoms with Crippen molar-refractivity contribution in [2.45, 2.75) is 58.0 Å². The third kappa shape index (κ3) is 4.20. The number of piperazine rings is 1. The van der Waals surface area contributed by atoms with Gasteiger partial charge in [-0.3, -0.25) is 9.59 Å². The third-order valence-electron chi connectivity index (χ3n) is 4.32. The van der Waals surface area contributed by atoms with Gasteiger partial charge in [0.05, 0.1) is 0 Å². The minimum Gasteiger partial charge on any atom is -0.353 e. The highest BCUT2D eigenvalue weighted by Gasteiger charge is 2.26. The number of hydrogen-bond donors (Lipinski definition) is 2. The van der Waals surface area contributed by atoms with Crippen molar-refractivity contribution < 1.29 is 9.59 Å². The quantitative estimate of drug-likeness (QED) is 0.804. The molecule has 0 spiro atoms. The van der Waals surface area contributed by atoms with Gasteiger partial charge in [-0.15, -0.1) is 0 Å². The summed E-state index contributed by atoms with van der Waals surface area (Å²) in [6.45, 7) is 6.41. The van der Waals surface area contributed by atoms with E-state index in [1.54, 1.807) is 0 Å². The molecule has 2 unspecified atom stereocenters. The molecule has 1 heterocycles. The summed E-state index contributed by atoms with van der Waals surface area (Å²) in [7, 11) is 0. The van der Waals surface area contributed by atoms with Gasteiger partial charge < -0.3 is 15.5 Å². The predicted octanol–water partition coefficient (Wildman–Crippen LogP) is 0.892. The Kier molecular flexibility index (Phi) is 5.40. The van der Waals surface area contributed by atoms with E-state index < -0.39 is 0 Å². The van der Waals surface area contributed by atoms with E-state index in [1.807, 2.05) is 11.8 Å². The molecule has 0 aromatic rings. The highest BCUT2D eigenvalue weighted by Crippen LogP contribution is 2.24. The topological polar surface area (TPSA) is 61.4 Å². The zero-order valence-electron chi connectivity index (χ0n) is 12.7. The average Bonchev–Trinajstić information content (AvgIpc) is 2.92. The van der Waals surface area contributed by atoms with Crippen LogP contribution in [0.1, 0.15) is 46.0 Å². The van der Waals surface area contributed by atoms with Crippen LogP contribution in [0.3, 0.4) is 0 Å². The molecule has 20 heavy (non-hydrogen) atoms. The van der Waals surface area contributed by atoms with Crippen LogP contribution >= 0.6 is 0 Å². The summed E-state index contributed by atoms with van der Waals surface area (Å²) in [6, 6.07) is 0.289. The molecule has 0 aromatic carbocycles. The van der Waals surface area contributed by atoms with Gasteiger partial charge in [-0.1, -0.05) is 12.8 Å². The first-order chi connectivity index (χ1) is 9.56. The molecule has 2 aliphatic rings. The molecule has 2 rings (SSSR count). The third-order valence-corrected chi connectivity index (χ3v) is 4.32. The van der Waals surface area contributed by atoms with Crippen molar-refractivity contribution in [2.24, 2.45) is 5.92 Å². The van der Waals surface area contributed by atoms with Crippen LogP contribution in [0.2, 0.25) is 0 Å². The first-order valence-corrected chi connectivity index (χ1v) is 7.88. The summed E-state index contributed by atoms with van der Waals surface area (Å²) in [4.78, 5) is 26.1. The van der Waals surface area contributed by atoms with E-state index in [2.05, 4.69) is 17.6 Å². The van der Waals surface area contributed by atoms with Crippen LogP contribution < -0.4 is 10.6 Å². The number of nitrogens with one attached hydrogen (secondary N) is 2. The average molecular weight is 281 g/mol. The lowest BCUT2D eigenvalue weighted by atomic mass is 10.1. The second-order valence-corrected chi connectivity index (χ2v) is 6.29. The lowest BCUT2D eigenvalue weighted by Crippen LogP contribution is -2.52. The Labute approximate surface area is 121 Å². The Bertz CT molecular complexity index is 353. The summed E-state index contributed by atoms with van der Waals surface area (Å²) in [6.07, 6.45) is 4.73. The van der Waals surface area contributed by atoms with Gasteiger partial charge in [-0.05, 0) is 26.7 Å². The van der Waals surface area contributed by atoms with Crippen LogP contribution in [0.25, 0.3) is 0 Å². The minimum absolute atomic E-state index is 0.0687. The molecule has 2 amide bonds. The van der Waals surface area contributed by atoms with Crippen molar-refractivity contribution in [1.82, 2.24) is 15.5 Å². The summed E-state index contributed by atoms with van der Waals surface area (Å²) in [5, 5.41) is 6.33. The Hall–Kier alpha value is -1.10. The molecule has 5 nitrogen and oxygen atoms in total. The second-order valence-electron chi connectivity index (χ2n) is 6.29. The highest BCUT2D eigenvalue weighted by atomic mass is 16.2. The molecule has 1 saturated heterocycles. The molecule has 5 heteroatoms. The largest absolute Gasteiger partial charge is 0.353 e. The van der Waals surface area contributed by atoms with Crippen LogP contribution in [-0.2, 0) is 9.59 Å². The first kappa shape index (κ1) is 15.3. The Morgan fingerprint density at radius 3 is 2.70 bits per heavy atom. The van der Waals surface area contributed by atoms with Gasteiger partial charge in [0.25, 0.3) is 0 Å². The van der Waals surface area contributed by atoms with E-state index in [1.165, 1.54) is 0 Å². The van der Waals surface area contributed by atoms with E-state index in [-0.39, 0.29) is 23.8 Å². The maximum absolute atomic E-state index is 12.2. The second kappa shape index (κ2) is 7.07. The van der Waals surface area contributed by atoms with E-state index in [0.717, 1.165) is 45.3 Å². The van der Waals surface area contributed by atoms with Crippen molar-refractivity contribution in [3.05, 3.63) is 0 Å². The molecular formula is C15H27N3O2. The smallest absolute Gasteiger partial charge is 0.224 e. The van der Waals surface area contributed by atoms with Crippen molar-refractivity contribution in [2.75, 3.05) is 19.6 Å². The maximum atomic E-state index is 12.2. The Morgan fingerprint density at radius 2 is 2.05 bits per heavy atom. The Morgan fingerprint density at radius 1 is 1.35 bits per heavy atom. The van der Waals surface area contributed by atoms with Crippen molar-refractivity contribution >= 4 is 11.8 Å². The Balaban J connectivity index is 1.74. The lowest BCUT2D eigenvalue weighted by molar-refractivity contribution is -0.133. The monoisotopic (exact) mass is 281 g/mol. The molecule has 0 radical (unpaired) electrons. The van der Waals surface area contributed by atoms with Crippen LogP contribution in [0, 0.1) is 5.92 Å². The fourth-order valence-corrected chi connectivity index (χ4v) is 3.15. The van der Waals surface area contributed by atoms with E-state index >= 15 is 0 Å². The van der Waals surface area contributed by atoms with Gasteiger partial charge in [0.15, 0.2) is 0 Å². The summed E-state index contributed by atoms with van der Waals surface area (Å²) in [5.74, 6) is 0.459. The summed E-state index contributed by atoms with van der Waals surface area (Å²) in [5.41, 5.74) is 0. The number of nitrogens with zero attached hydrogens (tertiary/aromatic N) is 1. The standard InChI is InChI=1S/C15H27N3O2/c1-11(17-15(20)13-5-3-4-6-13)9-14(19)18-8-7-16-12(2)10-18/h11-13,16H,3-10H2,1-2H3,(H,17,20). The molecule has 0 bridgehead atoms. The molecule has 1 saturated carbocycles. The van der Waals surface area contributed by atoms with Gasteiger partial charge >= 0.3 is 0 Å². The summed E-state index contributed by atoms with van der Waals surface area (Å²) >= 11 is 0. The molecule has 114 valence electrons. The van der Waals surface area contributed by atoms with Crippen LogP contribution in [0.15, 0.2) is 0 Å². The van der Waals surface area contributed by atoms with Gasteiger partial charge in [-0.25, -0.2) is 0 Å². The number of amides is 2. The summed E-state index contributed by atoms with van der Waals surface area (Å²) < 4.78 is 0. The lowest BCUT2D eigenvalue weighted by Gasteiger charge is -2.32. The van der Waals surface area contributed by atoms with E-state index in [0.29, 0.717) is 12.5 Å². The SMILES string of the molecule is CC1CN(C(=O)CC(C)NC(=O)C2CCCC2)CCN1. The molecule has 2 atom stereocenters. The number of hydrogen-bond acceptors (Lipinski definition) is 3. The maximum Gasteiger partial charge on any atom is 0.224 e. The van der Waals surface area contributed by atoms with Crippen molar-refractivity contribution in [3.8, 4) is 0 Å². The van der Waals surface area contributed by atoms with Gasteiger partial charge in [0.1, 0.15) is 0 Å². The minimum atomic E-state index is -0.0687. The van der Waals surface area contributed by atoms with Gasteiger partial charge in [0, 0.05) is 44.1 Å². The highest BCUT2D eigenvalue weighted by molar-refractivity contribution is 5.81. The van der Waals surface area contributed by atoms with Crippen LogP contribution in [-0.4, -0.2) is 48.4 Å². The van der Waals surface area contributed by atoms with Crippen molar-refractivity contribution in [1.29, 1.82) is 0 Å². The zero-order valence-corrected chi connectivity index (χ0v) is 12.7. The molecule has 2 N–H and O–H groups in total. The van der Waals surface area contributed by atoms with Gasteiger partial charge in [0.2, 0.25) is 11.8 Å². The van der Waals surface area contributed by atoms with Crippen LogP contribution in [0.4, 0.5) is 0 Å². The number of carbonyl (C=O) groups excluding carboxylic acids is 2. The molecule has 1 aliphatic carbocycles. The molecule has 1 aliphatic heterocycles. The molecular weight excluding hydrogens is 254 g/mol. The van der Waals surface area contributed by atoms with E-state index in [4.69, 9.17) is 0 Å². The number of rotatable bonds is 4. The normalized spacial score (nSPS) is 25.5. The van der Waals surface area contributed by atoms with Crippen molar-refractivity contribution in [3.63, 3.8) is 0 Å². The fraction of sp³-hybridized carbons (Fsp3) is 0.867. The van der Waals surface area contributed by atoms with Gasteiger partial charge in [-0.2, -0.15) is 0 Å². The first-order valence-electron chi connectivity index (χ1n) is 7.88.